The topological polar surface area (TPSA) is 76.6 Å². The van der Waals surface area contributed by atoms with Gasteiger partial charge in [0, 0.05) is 49.3 Å². The van der Waals surface area contributed by atoms with Crippen molar-refractivity contribution >= 4 is 17.3 Å². The van der Waals surface area contributed by atoms with Gasteiger partial charge in [-0.2, -0.15) is 13.2 Å². The molecule has 1 saturated heterocycles. The first-order chi connectivity index (χ1) is 17.2. The number of carbonyl (C=O) groups is 1. The van der Waals surface area contributed by atoms with E-state index in [4.69, 9.17) is 14.5 Å². The second kappa shape index (κ2) is 9.51. The molecular formula is C26H25F3N4O3. The van der Waals surface area contributed by atoms with E-state index in [2.05, 4.69) is 21.3 Å². The molecule has 36 heavy (non-hydrogen) atoms. The molecule has 1 aromatic carbocycles. The molecule has 0 spiro atoms. The van der Waals surface area contributed by atoms with Crippen molar-refractivity contribution in [2.75, 3.05) is 37.1 Å². The number of nitrogens with one attached hydrogen (secondary N) is 1. The van der Waals surface area contributed by atoms with Gasteiger partial charge in [0.2, 0.25) is 0 Å². The van der Waals surface area contributed by atoms with Crippen molar-refractivity contribution < 1.29 is 27.4 Å². The maximum atomic E-state index is 13.0. The molecule has 1 fully saturated rings. The summed E-state index contributed by atoms with van der Waals surface area (Å²) in [5.74, 6) is -0.652. The number of fused-ring (bicyclic) bond motifs is 3. The van der Waals surface area contributed by atoms with E-state index in [9.17, 15) is 18.0 Å². The maximum Gasteiger partial charge on any atom is 0.433 e. The molecule has 0 aliphatic carbocycles. The number of morpholine rings is 1. The Kier molecular flexibility index (Phi) is 6.40. The Morgan fingerprint density at radius 3 is 2.81 bits per heavy atom. The highest BCUT2D eigenvalue weighted by Gasteiger charge is 2.36. The molecule has 0 bridgehead atoms. The van der Waals surface area contributed by atoms with Gasteiger partial charge in [-0.25, -0.2) is 0 Å². The Morgan fingerprint density at radius 1 is 1.19 bits per heavy atom. The molecule has 188 valence electrons. The van der Waals surface area contributed by atoms with Gasteiger partial charge in [0.1, 0.15) is 11.8 Å². The molecule has 10 heteroatoms. The van der Waals surface area contributed by atoms with E-state index in [-0.39, 0.29) is 17.7 Å². The van der Waals surface area contributed by atoms with Gasteiger partial charge in [-0.1, -0.05) is 6.07 Å². The lowest BCUT2D eigenvalue weighted by molar-refractivity contribution is -0.141. The first-order valence-corrected chi connectivity index (χ1v) is 11.6. The monoisotopic (exact) mass is 498 g/mol. The number of hydrogen-bond acceptors (Lipinski definition) is 6. The zero-order valence-corrected chi connectivity index (χ0v) is 19.8. The minimum atomic E-state index is -4.63. The van der Waals surface area contributed by atoms with Crippen molar-refractivity contribution in [1.82, 2.24) is 9.97 Å². The van der Waals surface area contributed by atoms with Crippen LogP contribution in [-0.2, 0) is 15.7 Å². The lowest BCUT2D eigenvalue weighted by Gasteiger charge is -2.43. The number of halogens is 3. The summed E-state index contributed by atoms with van der Waals surface area (Å²) in [4.78, 5) is 23.1. The Balaban J connectivity index is 1.45. The largest absolute Gasteiger partial charge is 0.433 e. The van der Waals surface area contributed by atoms with Crippen LogP contribution >= 0.6 is 0 Å². The summed E-state index contributed by atoms with van der Waals surface area (Å²) in [5, 5.41) is 2.70. The highest BCUT2D eigenvalue weighted by Crippen LogP contribution is 2.41. The summed E-state index contributed by atoms with van der Waals surface area (Å²) >= 11 is 0. The van der Waals surface area contributed by atoms with Gasteiger partial charge in [0.05, 0.1) is 30.6 Å². The molecule has 2 aliphatic heterocycles. The molecule has 0 radical (unpaired) electrons. The van der Waals surface area contributed by atoms with Gasteiger partial charge >= 0.3 is 6.18 Å². The third kappa shape index (κ3) is 4.66. The quantitative estimate of drug-likeness (QED) is 0.545. The van der Waals surface area contributed by atoms with Crippen LogP contribution in [0.1, 0.15) is 39.8 Å². The summed E-state index contributed by atoms with van der Waals surface area (Å²) in [6.45, 7) is 3.99. The van der Waals surface area contributed by atoms with Gasteiger partial charge in [0.25, 0.3) is 5.91 Å². The number of benzene rings is 1. The molecule has 7 nitrogen and oxygen atoms in total. The third-order valence-electron chi connectivity index (χ3n) is 6.63. The number of ether oxygens (including phenoxy) is 2. The van der Waals surface area contributed by atoms with E-state index in [1.54, 1.807) is 25.4 Å². The van der Waals surface area contributed by atoms with Crippen LogP contribution in [0, 0.1) is 6.92 Å². The van der Waals surface area contributed by atoms with Crippen molar-refractivity contribution in [3.05, 3.63) is 71.3 Å². The SMILES string of the molecule is COC1CC2COCCN2c2cc(-c3cc(NC(=O)c4ccnc(C(F)(F)F)c4)ccc3C)cnc21. The lowest BCUT2D eigenvalue weighted by atomic mass is 9.93. The number of anilines is 2. The summed E-state index contributed by atoms with van der Waals surface area (Å²) < 4.78 is 50.4. The molecule has 2 unspecified atom stereocenters. The second-order valence-corrected chi connectivity index (χ2v) is 8.92. The van der Waals surface area contributed by atoms with E-state index < -0.39 is 17.8 Å². The fraction of sp³-hybridized carbons (Fsp3) is 0.346. The molecule has 3 aromatic rings. The summed E-state index contributed by atoms with van der Waals surface area (Å²) in [6, 6.07) is 9.65. The number of pyridine rings is 2. The number of aromatic nitrogens is 2. The Morgan fingerprint density at radius 2 is 2.03 bits per heavy atom. The van der Waals surface area contributed by atoms with E-state index in [1.807, 2.05) is 13.0 Å². The van der Waals surface area contributed by atoms with Crippen LogP contribution in [0.5, 0.6) is 0 Å². The molecule has 0 saturated carbocycles. The Labute approximate surface area is 206 Å². The molecule has 1 N–H and O–H groups in total. The van der Waals surface area contributed by atoms with Crippen LogP contribution in [0.25, 0.3) is 11.1 Å². The van der Waals surface area contributed by atoms with Crippen molar-refractivity contribution in [3.63, 3.8) is 0 Å². The zero-order valence-electron chi connectivity index (χ0n) is 19.8. The van der Waals surface area contributed by atoms with E-state index in [1.165, 1.54) is 6.07 Å². The maximum absolute atomic E-state index is 13.0. The Hall–Kier alpha value is -3.50. The van der Waals surface area contributed by atoms with Crippen LogP contribution in [-0.4, -0.2) is 48.8 Å². The van der Waals surface area contributed by atoms with Gasteiger partial charge in [0.15, 0.2) is 0 Å². The van der Waals surface area contributed by atoms with Crippen molar-refractivity contribution in [2.45, 2.75) is 31.7 Å². The number of nitrogens with zero attached hydrogens (tertiary/aromatic N) is 3. The average Bonchev–Trinajstić information content (AvgIpc) is 2.88. The standard InChI is InChI=1S/C26H25F3N4O3/c1-15-3-4-18(32-25(34)16-5-6-30-23(10-16)26(27,28)29)11-20(15)17-9-21-24(31-13-17)22(35-2)12-19-14-36-8-7-33(19)21/h3-6,9-11,13,19,22H,7-8,12,14H2,1-2H3,(H,32,34). The van der Waals surface area contributed by atoms with Crippen LogP contribution in [0.4, 0.5) is 24.5 Å². The highest BCUT2D eigenvalue weighted by atomic mass is 19.4. The average molecular weight is 499 g/mol. The predicted octanol–water partition coefficient (Wildman–Crippen LogP) is 5.02. The second-order valence-electron chi connectivity index (χ2n) is 8.92. The lowest BCUT2D eigenvalue weighted by Crippen LogP contribution is -2.49. The molecule has 2 atom stereocenters. The first-order valence-electron chi connectivity index (χ1n) is 11.6. The molecule has 1 amide bonds. The van der Waals surface area contributed by atoms with E-state index in [0.717, 1.165) is 53.3 Å². The van der Waals surface area contributed by atoms with Gasteiger partial charge in [-0.3, -0.25) is 14.8 Å². The van der Waals surface area contributed by atoms with Crippen molar-refractivity contribution in [1.29, 1.82) is 0 Å². The molecule has 4 heterocycles. The number of rotatable bonds is 4. The number of alkyl halides is 3. The number of hydrogen-bond donors (Lipinski definition) is 1. The van der Waals surface area contributed by atoms with Crippen LogP contribution in [0.15, 0.2) is 48.8 Å². The minimum Gasteiger partial charge on any atom is -0.377 e. The zero-order chi connectivity index (χ0) is 25.4. The number of aryl methyl sites for hydroxylation is 1. The molecule has 5 rings (SSSR count). The van der Waals surface area contributed by atoms with Crippen LogP contribution < -0.4 is 10.2 Å². The highest BCUT2D eigenvalue weighted by molar-refractivity contribution is 6.04. The number of carbonyl (C=O) groups excluding carboxylic acids is 1. The normalized spacial score (nSPS) is 19.4. The van der Waals surface area contributed by atoms with E-state index >= 15 is 0 Å². The smallest absolute Gasteiger partial charge is 0.377 e. The van der Waals surface area contributed by atoms with Crippen molar-refractivity contribution in [3.8, 4) is 11.1 Å². The van der Waals surface area contributed by atoms with Crippen LogP contribution in [0.2, 0.25) is 0 Å². The summed E-state index contributed by atoms with van der Waals surface area (Å²) in [7, 11) is 1.68. The fourth-order valence-electron chi connectivity index (χ4n) is 4.76. The Bertz CT molecular complexity index is 1300. The fourth-order valence-corrected chi connectivity index (χ4v) is 4.76. The van der Waals surface area contributed by atoms with Crippen LogP contribution in [0.3, 0.4) is 0 Å². The summed E-state index contributed by atoms with van der Waals surface area (Å²) in [5.41, 5.74) is 3.81. The molecule has 2 aliphatic rings. The predicted molar refractivity (Wildman–Crippen MR) is 128 cm³/mol. The van der Waals surface area contributed by atoms with Crippen molar-refractivity contribution in [2.24, 2.45) is 0 Å². The van der Waals surface area contributed by atoms with Gasteiger partial charge in [-0.15, -0.1) is 0 Å². The summed E-state index contributed by atoms with van der Waals surface area (Å²) in [6.07, 6.45) is -1.18. The van der Waals surface area contributed by atoms with E-state index in [0.29, 0.717) is 18.9 Å². The van der Waals surface area contributed by atoms with Gasteiger partial charge in [-0.05, 0) is 48.4 Å². The molecular weight excluding hydrogens is 473 g/mol. The number of methoxy groups -OCH3 is 1. The third-order valence-corrected chi connectivity index (χ3v) is 6.63. The number of amides is 1. The minimum absolute atomic E-state index is 0.120. The van der Waals surface area contributed by atoms with Gasteiger partial charge < -0.3 is 19.7 Å². The first kappa shape index (κ1) is 24.2. The molecule has 2 aromatic heterocycles.